The molecule has 1 amide bonds. The number of carbonyl (C=O) groups is 1. The number of halogens is 4. The number of nitrogens with two attached hydrogens (primary N) is 1. The molecule has 1 aromatic carbocycles. The average molecular weight is 281 g/mol. The fourth-order valence-corrected chi connectivity index (χ4v) is 1.47. The predicted molar refractivity (Wildman–Crippen MR) is 64.5 cm³/mol. The van der Waals surface area contributed by atoms with Gasteiger partial charge in [-0.05, 0) is 31.0 Å². The van der Waals surface area contributed by atoms with Crippen molar-refractivity contribution in [3.8, 4) is 0 Å². The van der Waals surface area contributed by atoms with Gasteiger partial charge in [-0.2, -0.15) is 13.2 Å². The van der Waals surface area contributed by atoms with Crippen LogP contribution >= 0.6 is 12.4 Å². The minimum absolute atomic E-state index is 0. The summed E-state index contributed by atoms with van der Waals surface area (Å²) in [5.74, 6) is -0.287. The maximum absolute atomic E-state index is 12.5. The second-order valence-corrected chi connectivity index (χ2v) is 4.06. The van der Waals surface area contributed by atoms with Crippen LogP contribution in [0.2, 0.25) is 0 Å². The van der Waals surface area contributed by atoms with Crippen LogP contribution in [0.4, 0.5) is 24.5 Å². The minimum atomic E-state index is -4.51. The Balaban J connectivity index is 0.00000162. The zero-order chi connectivity index (χ0) is 12.6. The predicted octanol–water partition coefficient (Wildman–Crippen LogP) is 3.06. The van der Waals surface area contributed by atoms with Crippen molar-refractivity contribution in [2.75, 3.05) is 11.1 Å². The third-order valence-electron chi connectivity index (χ3n) is 2.57. The molecule has 18 heavy (non-hydrogen) atoms. The van der Waals surface area contributed by atoms with Crippen LogP contribution in [-0.4, -0.2) is 5.91 Å². The van der Waals surface area contributed by atoms with Gasteiger partial charge in [-0.3, -0.25) is 4.79 Å². The molecule has 0 saturated heterocycles. The molecule has 0 aliphatic heterocycles. The molecule has 0 radical (unpaired) electrons. The second kappa shape index (κ2) is 5.06. The zero-order valence-corrected chi connectivity index (χ0v) is 10.1. The van der Waals surface area contributed by atoms with Crippen molar-refractivity contribution in [3.63, 3.8) is 0 Å². The van der Waals surface area contributed by atoms with Gasteiger partial charge in [-0.15, -0.1) is 12.4 Å². The first-order valence-electron chi connectivity index (χ1n) is 5.15. The number of hydrogen-bond acceptors (Lipinski definition) is 2. The molecule has 2 rings (SSSR count). The second-order valence-electron chi connectivity index (χ2n) is 4.06. The Labute approximate surface area is 108 Å². The molecule has 0 spiro atoms. The third-order valence-corrected chi connectivity index (χ3v) is 2.57. The average Bonchev–Trinajstić information content (AvgIpc) is 3.02. The van der Waals surface area contributed by atoms with Crippen molar-refractivity contribution in [3.05, 3.63) is 23.8 Å². The van der Waals surface area contributed by atoms with Gasteiger partial charge in [0.15, 0.2) is 0 Å². The van der Waals surface area contributed by atoms with Crippen molar-refractivity contribution < 1.29 is 18.0 Å². The number of carbonyl (C=O) groups excluding carboxylic acids is 1. The van der Waals surface area contributed by atoms with E-state index in [9.17, 15) is 18.0 Å². The highest BCUT2D eigenvalue weighted by atomic mass is 35.5. The van der Waals surface area contributed by atoms with Gasteiger partial charge in [0.25, 0.3) is 0 Å². The van der Waals surface area contributed by atoms with E-state index in [2.05, 4.69) is 5.32 Å². The molecule has 0 unspecified atom stereocenters. The van der Waals surface area contributed by atoms with Gasteiger partial charge in [-0.25, -0.2) is 0 Å². The highest BCUT2D eigenvalue weighted by Crippen LogP contribution is 2.36. The zero-order valence-electron chi connectivity index (χ0n) is 9.25. The van der Waals surface area contributed by atoms with E-state index in [1.807, 2.05) is 0 Å². The highest BCUT2D eigenvalue weighted by molar-refractivity contribution is 5.94. The van der Waals surface area contributed by atoms with Crippen molar-refractivity contribution in [2.24, 2.45) is 5.92 Å². The smallest absolute Gasteiger partial charge is 0.398 e. The van der Waals surface area contributed by atoms with Gasteiger partial charge >= 0.3 is 6.18 Å². The van der Waals surface area contributed by atoms with Crippen molar-refractivity contribution in [1.82, 2.24) is 0 Å². The standard InChI is InChI=1S/C11H11F3N2O.ClH/c12-11(13,14)8-5-7(3-4-9(8)15)16-10(17)6-1-2-6;/h3-6H,1-2,15H2,(H,16,17);1H. The monoisotopic (exact) mass is 280 g/mol. The quantitative estimate of drug-likeness (QED) is 0.818. The molecule has 0 aromatic heterocycles. The lowest BCUT2D eigenvalue weighted by molar-refractivity contribution is -0.136. The van der Waals surface area contributed by atoms with Gasteiger partial charge in [0, 0.05) is 17.3 Å². The molecular weight excluding hydrogens is 269 g/mol. The van der Waals surface area contributed by atoms with Crippen LogP contribution in [0.3, 0.4) is 0 Å². The third kappa shape index (κ3) is 3.29. The normalized spacial score (nSPS) is 14.8. The molecule has 3 nitrogen and oxygen atoms in total. The Morgan fingerprint density at radius 3 is 2.44 bits per heavy atom. The topological polar surface area (TPSA) is 55.1 Å². The first-order valence-corrected chi connectivity index (χ1v) is 5.15. The molecule has 1 fully saturated rings. The minimum Gasteiger partial charge on any atom is -0.398 e. The first-order chi connectivity index (χ1) is 7.88. The van der Waals surface area contributed by atoms with Gasteiger partial charge in [-0.1, -0.05) is 0 Å². The van der Waals surface area contributed by atoms with Gasteiger partial charge in [0.1, 0.15) is 0 Å². The maximum atomic E-state index is 12.5. The molecular formula is C11H12ClF3N2O. The van der Waals surface area contributed by atoms with E-state index in [4.69, 9.17) is 5.73 Å². The summed E-state index contributed by atoms with van der Waals surface area (Å²) >= 11 is 0. The van der Waals surface area contributed by atoms with E-state index in [1.54, 1.807) is 0 Å². The summed E-state index contributed by atoms with van der Waals surface area (Å²) < 4.78 is 37.6. The molecule has 7 heteroatoms. The lowest BCUT2D eigenvalue weighted by Crippen LogP contribution is -2.15. The fraction of sp³-hybridized carbons (Fsp3) is 0.364. The van der Waals surface area contributed by atoms with Crippen LogP contribution in [-0.2, 0) is 11.0 Å². The number of alkyl halides is 3. The number of hydrogen-bond donors (Lipinski definition) is 2. The molecule has 1 saturated carbocycles. The highest BCUT2D eigenvalue weighted by Gasteiger charge is 2.34. The number of nitrogen functional groups attached to an aromatic ring is 1. The lowest BCUT2D eigenvalue weighted by Gasteiger charge is -2.12. The van der Waals surface area contributed by atoms with E-state index in [0.29, 0.717) is 0 Å². The molecule has 1 aliphatic carbocycles. The summed E-state index contributed by atoms with van der Waals surface area (Å²) in [6.07, 6.45) is -2.91. The maximum Gasteiger partial charge on any atom is 0.418 e. The summed E-state index contributed by atoms with van der Waals surface area (Å²) in [5, 5.41) is 2.45. The van der Waals surface area contributed by atoms with Gasteiger partial charge < -0.3 is 11.1 Å². The van der Waals surface area contributed by atoms with E-state index in [1.165, 1.54) is 6.07 Å². The molecule has 0 atom stereocenters. The van der Waals surface area contributed by atoms with Crippen LogP contribution in [0.15, 0.2) is 18.2 Å². The van der Waals surface area contributed by atoms with E-state index >= 15 is 0 Å². The molecule has 0 bridgehead atoms. The number of nitrogens with one attached hydrogen (secondary N) is 1. The van der Waals surface area contributed by atoms with E-state index in [-0.39, 0.29) is 35.6 Å². The summed E-state index contributed by atoms with van der Waals surface area (Å²) in [4.78, 5) is 11.4. The molecule has 100 valence electrons. The van der Waals surface area contributed by atoms with Crippen LogP contribution < -0.4 is 11.1 Å². The Morgan fingerprint density at radius 1 is 1.33 bits per heavy atom. The van der Waals surface area contributed by atoms with E-state index < -0.39 is 11.7 Å². The number of anilines is 2. The SMILES string of the molecule is Cl.Nc1ccc(NC(=O)C2CC2)cc1C(F)(F)F. The Kier molecular flexibility index (Phi) is 4.11. The van der Waals surface area contributed by atoms with Crippen LogP contribution in [0.1, 0.15) is 18.4 Å². The van der Waals surface area contributed by atoms with Gasteiger partial charge in [0.2, 0.25) is 5.91 Å². The van der Waals surface area contributed by atoms with Crippen molar-refractivity contribution in [2.45, 2.75) is 19.0 Å². The van der Waals surface area contributed by atoms with Gasteiger partial charge in [0.05, 0.1) is 5.56 Å². The molecule has 1 aliphatic rings. The lowest BCUT2D eigenvalue weighted by atomic mass is 10.1. The Hall–Kier alpha value is -1.43. The number of benzene rings is 1. The first kappa shape index (κ1) is 14.6. The Bertz CT molecular complexity index is 458. The number of rotatable bonds is 2. The fourth-order valence-electron chi connectivity index (χ4n) is 1.47. The summed E-state index contributed by atoms with van der Waals surface area (Å²) in [7, 11) is 0. The molecule has 1 aromatic rings. The summed E-state index contributed by atoms with van der Waals surface area (Å²) in [6, 6.07) is 3.37. The van der Waals surface area contributed by atoms with Crippen LogP contribution in [0.25, 0.3) is 0 Å². The molecule has 0 heterocycles. The summed E-state index contributed by atoms with van der Waals surface area (Å²) in [5.41, 5.74) is 4.10. The summed E-state index contributed by atoms with van der Waals surface area (Å²) in [6.45, 7) is 0. The van der Waals surface area contributed by atoms with Crippen molar-refractivity contribution in [1.29, 1.82) is 0 Å². The van der Waals surface area contributed by atoms with Crippen molar-refractivity contribution >= 4 is 29.7 Å². The van der Waals surface area contributed by atoms with Crippen LogP contribution in [0, 0.1) is 5.92 Å². The Morgan fingerprint density at radius 2 is 1.94 bits per heavy atom. The van der Waals surface area contributed by atoms with Crippen LogP contribution in [0.5, 0.6) is 0 Å². The largest absolute Gasteiger partial charge is 0.418 e. The number of amides is 1. The van der Waals surface area contributed by atoms with E-state index in [0.717, 1.165) is 25.0 Å². The molecule has 3 N–H and O–H groups in total.